The molecule has 0 spiro atoms. The predicted octanol–water partition coefficient (Wildman–Crippen LogP) is 12.2. The molecule has 0 saturated heterocycles. The van der Waals surface area contributed by atoms with Crippen molar-refractivity contribution in [1.29, 1.82) is 0 Å². The van der Waals surface area contributed by atoms with Crippen LogP contribution in [0.4, 0.5) is 0 Å². The first-order chi connectivity index (χ1) is 25.8. The summed E-state index contributed by atoms with van der Waals surface area (Å²) in [6.45, 7) is 0. The zero-order valence-electron chi connectivity index (χ0n) is 28.1. The van der Waals surface area contributed by atoms with E-state index in [1.807, 2.05) is 36.7 Å². The van der Waals surface area contributed by atoms with Crippen molar-refractivity contribution in [3.8, 4) is 55.9 Å². The number of rotatable bonds is 5. The van der Waals surface area contributed by atoms with Crippen molar-refractivity contribution < 1.29 is 0 Å². The molecular weight excluding hydrogens is 633 g/mol. The molecule has 0 N–H and O–H groups in total. The highest BCUT2D eigenvalue weighted by Crippen LogP contribution is 2.37. The zero-order chi connectivity index (χ0) is 34.4. The fourth-order valence-corrected chi connectivity index (χ4v) is 7.35. The summed E-state index contributed by atoms with van der Waals surface area (Å²) in [6.07, 6.45) is 3.69. The Morgan fingerprint density at radius 2 is 0.692 bits per heavy atom. The molecule has 242 valence electrons. The van der Waals surface area contributed by atoms with Gasteiger partial charge in [0, 0.05) is 45.1 Å². The third-order valence-electron chi connectivity index (χ3n) is 9.96. The minimum atomic E-state index is 0.913. The molecule has 0 aliphatic heterocycles. The average Bonchev–Trinajstić information content (AvgIpc) is 3.23. The molecule has 0 aliphatic carbocycles. The van der Waals surface area contributed by atoms with Crippen molar-refractivity contribution in [1.82, 2.24) is 19.9 Å². The maximum atomic E-state index is 5.20. The minimum absolute atomic E-state index is 0.913. The molecule has 0 amide bonds. The lowest BCUT2D eigenvalue weighted by Gasteiger charge is -2.12. The number of aromatic nitrogens is 4. The van der Waals surface area contributed by atoms with Crippen molar-refractivity contribution in [2.75, 3.05) is 0 Å². The van der Waals surface area contributed by atoms with Gasteiger partial charge in [-0.1, -0.05) is 121 Å². The van der Waals surface area contributed by atoms with Crippen LogP contribution in [0.25, 0.3) is 99.5 Å². The van der Waals surface area contributed by atoms with Gasteiger partial charge in [-0.25, -0.2) is 9.97 Å². The van der Waals surface area contributed by atoms with Crippen LogP contribution < -0.4 is 0 Å². The summed E-state index contributed by atoms with van der Waals surface area (Å²) in [5.41, 5.74) is 14.6. The van der Waals surface area contributed by atoms with E-state index in [2.05, 4.69) is 146 Å². The summed E-state index contributed by atoms with van der Waals surface area (Å²) >= 11 is 0. The summed E-state index contributed by atoms with van der Waals surface area (Å²) in [5.74, 6) is 0. The Labute approximate surface area is 300 Å². The Morgan fingerprint density at radius 1 is 0.288 bits per heavy atom. The van der Waals surface area contributed by atoms with Crippen molar-refractivity contribution in [3.05, 3.63) is 182 Å². The molecular formula is C48H30N4. The topological polar surface area (TPSA) is 51.6 Å². The van der Waals surface area contributed by atoms with Gasteiger partial charge in [0.1, 0.15) is 0 Å². The van der Waals surface area contributed by atoms with E-state index in [1.165, 1.54) is 11.1 Å². The first-order valence-corrected chi connectivity index (χ1v) is 17.5. The van der Waals surface area contributed by atoms with Gasteiger partial charge >= 0.3 is 0 Å². The fourth-order valence-electron chi connectivity index (χ4n) is 7.35. The van der Waals surface area contributed by atoms with E-state index in [9.17, 15) is 0 Å². The lowest BCUT2D eigenvalue weighted by Crippen LogP contribution is -1.92. The third kappa shape index (κ3) is 5.17. The van der Waals surface area contributed by atoms with Crippen LogP contribution in [0.5, 0.6) is 0 Å². The quantitative estimate of drug-likeness (QED) is 0.172. The van der Waals surface area contributed by atoms with Crippen LogP contribution in [0.3, 0.4) is 0 Å². The zero-order valence-corrected chi connectivity index (χ0v) is 28.1. The van der Waals surface area contributed by atoms with Crippen molar-refractivity contribution in [3.63, 3.8) is 0 Å². The predicted molar refractivity (Wildman–Crippen MR) is 215 cm³/mol. The van der Waals surface area contributed by atoms with Gasteiger partial charge in [-0.05, 0) is 81.9 Å². The Hall–Kier alpha value is -7.04. The normalized spacial score (nSPS) is 11.5. The number of benzene rings is 6. The Bertz CT molecular complexity index is 2720. The molecule has 4 heteroatoms. The molecule has 0 radical (unpaired) electrons. The molecule has 0 saturated carbocycles. The molecule has 4 heterocycles. The summed E-state index contributed by atoms with van der Waals surface area (Å²) < 4.78 is 0. The Kier molecular flexibility index (Phi) is 7.10. The molecule has 0 aliphatic rings. The van der Waals surface area contributed by atoms with Gasteiger partial charge < -0.3 is 0 Å². The number of hydrogen-bond acceptors (Lipinski definition) is 4. The van der Waals surface area contributed by atoms with Gasteiger partial charge in [0.2, 0.25) is 0 Å². The van der Waals surface area contributed by atoms with E-state index in [0.29, 0.717) is 0 Å². The molecule has 52 heavy (non-hydrogen) atoms. The van der Waals surface area contributed by atoms with Crippen LogP contribution in [-0.4, -0.2) is 19.9 Å². The van der Waals surface area contributed by atoms with E-state index in [-0.39, 0.29) is 0 Å². The smallest absolute Gasteiger partial charge is 0.0978 e. The van der Waals surface area contributed by atoms with Crippen LogP contribution in [0.15, 0.2) is 182 Å². The van der Waals surface area contributed by atoms with E-state index in [4.69, 9.17) is 19.9 Å². The van der Waals surface area contributed by atoms with Gasteiger partial charge in [0.25, 0.3) is 0 Å². The molecule has 0 fully saturated rings. The lowest BCUT2D eigenvalue weighted by molar-refractivity contribution is 1.37. The number of nitrogens with zero attached hydrogens (tertiary/aromatic N) is 4. The second-order valence-electron chi connectivity index (χ2n) is 13.1. The Balaban J connectivity index is 0.978. The maximum absolute atomic E-state index is 5.20. The van der Waals surface area contributed by atoms with Crippen molar-refractivity contribution >= 4 is 43.6 Å². The highest BCUT2D eigenvalue weighted by molar-refractivity contribution is 6.12. The van der Waals surface area contributed by atoms with Crippen LogP contribution >= 0.6 is 0 Å². The number of pyridine rings is 4. The molecule has 10 aromatic rings. The van der Waals surface area contributed by atoms with Crippen LogP contribution in [0, 0.1) is 0 Å². The average molecular weight is 663 g/mol. The van der Waals surface area contributed by atoms with E-state index in [1.54, 1.807) is 0 Å². The van der Waals surface area contributed by atoms with Crippen molar-refractivity contribution in [2.24, 2.45) is 0 Å². The van der Waals surface area contributed by atoms with Gasteiger partial charge in [-0.3, -0.25) is 9.97 Å². The van der Waals surface area contributed by atoms with Crippen LogP contribution in [-0.2, 0) is 0 Å². The number of fused-ring (bicyclic) bond motifs is 6. The van der Waals surface area contributed by atoms with E-state index in [0.717, 1.165) is 88.4 Å². The first-order valence-electron chi connectivity index (χ1n) is 17.5. The summed E-state index contributed by atoms with van der Waals surface area (Å²) in [7, 11) is 0. The standard InChI is InChI=1S/C48H30N4/c1-3-9-33(10-4-1)41-29-37-13-7-27-49-45(37)47-39(41)23-25-43(51-47)35-19-15-31(16-20-35)32-17-21-36(22-18-32)44-26-24-40-42(34-11-5-2-6-12-34)30-38-14-8-28-50-46(38)48(40)52-44/h1-30H. The molecule has 0 bridgehead atoms. The fraction of sp³-hybridized carbons (Fsp3) is 0. The molecule has 6 aromatic carbocycles. The van der Waals surface area contributed by atoms with Gasteiger partial charge in [0.15, 0.2) is 0 Å². The summed E-state index contributed by atoms with van der Waals surface area (Å²) in [5, 5.41) is 4.36. The van der Waals surface area contributed by atoms with Crippen molar-refractivity contribution in [2.45, 2.75) is 0 Å². The van der Waals surface area contributed by atoms with E-state index < -0.39 is 0 Å². The van der Waals surface area contributed by atoms with Gasteiger partial charge in [-0.15, -0.1) is 0 Å². The monoisotopic (exact) mass is 662 g/mol. The molecule has 4 aromatic heterocycles. The minimum Gasteiger partial charge on any atom is -0.254 e. The number of hydrogen-bond donors (Lipinski definition) is 0. The largest absolute Gasteiger partial charge is 0.254 e. The van der Waals surface area contributed by atoms with Crippen LogP contribution in [0.2, 0.25) is 0 Å². The lowest BCUT2D eigenvalue weighted by atomic mass is 9.96. The third-order valence-corrected chi connectivity index (χ3v) is 9.96. The maximum Gasteiger partial charge on any atom is 0.0978 e. The summed E-state index contributed by atoms with van der Waals surface area (Å²) in [6, 6.07) is 59.5. The second kappa shape index (κ2) is 12.4. The SMILES string of the molecule is c1ccc(-c2cc3cccnc3c3nc(-c4ccc(-c5ccc(-c6ccc7c(-c8ccccc8)cc8cccnc8c7n6)cc5)cc4)ccc23)cc1. The van der Waals surface area contributed by atoms with Gasteiger partial charge in [-0.2, -0.15) is 0 Å². The Morgan fingerprint density at radius 3 is 1.12 bits per heavy atom. The van der Waals surface area contributed by atoms with E-state index >= 15 is 0 Å². The molecule has 4 nitrogen and oxygen atoms in total. The molecule has 10 rings (SSSR count). The highest BCUT2D eigenvalue weighted by atomic mass is 14.8. The molecule has 0 unspecified atom stereocenters. The molecule has 0 atom stereocenters. The highest BCUT2D eigenvalue weighted by Gasteiger charge is 2.14. The van der Waals surface area contributed by atoms with Gasteiger partial charge in [0.05, 0.1) is 33.5 Å². The second-order valence-corrected chi connectivity index (χ2v) is 13.1. The summed E-state index contributed by atoms with van der Waals surface area (Å²) in [4.78, 5) is 19.9. The first kappa shape index (κ1) is 29.8. The van der Waals surface area contributed by atoms with Crippen LogP contribution in [0.1, 0.15) is 0 Å².